The molecule has 19 heavy (non-hydrogen) atoms. The van der Waals surface area contributed by atoms with E-state index in [2.05, 4.69) is 18.8 Å². The number of aromatic carboxylic acids is 1. The minimum absolute atomic E-state index is 0.136. The first kappa shape index (κ1) is 13.2. The Labute approximate surface area is 112 Å². The largest absolute Gasteiger partial charge is 0.478 e. The number of nitrogens with one attached hydrogen (secondary N) is 1. The van der Waals surface area contributed by atoms with E-state index in [1.807, 2.05) is 24.3 Å². The van der Waals surface area contributed by atoms with Gasteiger partial charge in [0.1, 0.15) is 5.56 Å². The maximum Gasteiger partial charge on any atom is 0.340 e. The number of carboxylic acid groups (broad SMARTS) is 1. The van der Waals surface area contributed by atoms with Gasteiger partial charge in [-0.1, -0.05) is 38.1 Å². The lowest BCUT2D eigenvalue weighted by atomic mass is 10.00. The molecule has 4 nitrogen and oxygen atoms in total. The predicted octanol–water partition coefficient (Wildman–Crippen LogP) is 3.16. The Bertz CT molecular complexity index is 583. The Morgan fingerprint density at radius 3 is 2.47 bits per heavy atom. The molecule has 4 N–H and O–H groups in total. The van der Waals surface area contributed by atoms with Crippen molar-refractivity contribution >= 4 is 11.7 Å². The number of nitrogens with two attached hydrogens (primary N) is 1. The van der Waals surface area contributed by atoms with Crippen molar-refractivity contribution in [2.75, 3.05) is 5.73 Å². The zero-order valence-electron chi connectivity index (χ0n) is 11.1. The number of hydrogen-bond donors (Lipinski definition) is 3. The molecule has 0 aliphatic heterocycles. The molecular weight excluding hydrogens is 240 g/mol. The summed E-state index contributed by atoms with van der Waals surface area (Å²) in [5.74, 6) is -0.415. The predicted molar refractivity (Wildman–Crippen MR) is 76.1 cm³/mol. The van der Waals surface area contributed by atoms with E-state index >= 15 is 0 Å². The topological polar surface area (TPSA) is 79.1 Å². The number of hydrogen-bond acceptors (Lipinski definition) is 2. The van der Waals surface area contributed by atoms with Gasteiger partial charge in [-0.05, 0) is 23.5 Å². The molecule has 0 aliphatic carbocycles. The van der Waals surface area contributed by atoms with Crippen molar-refractivity contribution in [2.45, 2.75) is 20.3 Å². The zero-order valence-corrected chi connectivity index (χ0v) is 11.1. The van der Waals surface area contributed by atoms with Gasteiger partial charge in [0.05, 0.1) is 11.4 Å². The van der Waals surface area contributed by atoms with E-state index in [1.165, 1.54) is 11.8 Å². The van der Waals surface area contributed by atoms with Crippen molar-refractivity contribution in [2.24, 2.45) is 5.92 Å². The van der Waals surface area contributed by atoms with Gasteiger partial charge >= 0.3 is 5.97 Å². The van der Waals surface area contributed by atoms with Crippen LogP contribution in [0, 0.1) is 5.92 Å². The highest BCUT2D eigenvalue weighted by atomic mass is 16.4. The number of nitrogen functional groups attached to an aromatic ring is 1. The molecule has 2 rings (SSSR count). The van der Waals surface area contributed by atoms with Crippen molar-refractivity contribution < 1.29 is 9.90 Å². The van der Waals surface area contributed by atoms with Gasteiger partial charge in [-0.25, -0.2) is 4.79 Å². The quantitative estimate of drug-likeness (QED) is 0.788. The lowest BCUT2D eigenvalue weighted by Crippen LogP contribution is -2.01. The van der Waals surface area contributed by atoms with Crippen molar-refractivity contribution in [3.63, 3.8) is 0 Å². The first-order valence-electron chi connectivity index (χ1n) is 6.28. The van der Waals surface area contributed by atoms with Crippen LogP contribution in [0.5, 0.6) is 0 Å². The van der Waals surface area contributed by atoms with E-state index in [0.717, 1.165) is 12.0 Å². The third kappa shape index (κ3) is 2.78. The third-order valence-corrected chi connectivity index (χ3v) is 3.01. The Hall–Kier alpha value is -2.23. The number of rotatable bonds is 4. The van der Waals surface area contributed by atoms with E-state index < -0.39 is 5.97 Å². The number of aromatic amines is 1. The fourth-order valence-electron chi connectivity index (χ4n) is 2.18. The second-order valence-electron chi connectivity index (χ2n) is 5.09. The summed E-state index contributed by atoms with van der Waals surface area (Å²) in [6.45, 7) is 4.34. The van der Waals surface area contributed by atoms with Crippen LogP contribution in [0.1, 0.15) is 29.8 Å². The maximum atomic E-state index is 11.2. The van der Waals surface area contributed by atoms with Crippen molar-refractivity contribution in [1.29, 1.82) is 0 Å². The molecule has 100 valence electrons. The molecule has 2 aromatic rings. The van der Waals surface area contributed by atoms with Crippen LogP contribution in [0.4, 0.5) is 5.69 Å². The minimum atomic E-state index is -1.01. The molecule has 0 amide bonds. The SMILES string of the molecule is CC(C)Cc1ccc(-c2[nH]cc(N)c2C(=O)O)cc1. The summed E-state index contributed by atoms with van der Waals surface area (Å²) < 4.78 is 0. The molecule has 0 unspecified atom stereocenters. The summed E-state index contributed by atoms with van der Waals surface area (Å²) >= 11 is 0. The molecule has 0 bridgehead atoms. The lowest BCUT2D eigenvalue weighted by molar-refractivity contribution is 0.0699. The molecule has 0 saturated carbocycles. The molecule has 1 aromatic carbocycles. The Morgan fingerprint density at radius 1 is 1.32 bits per heavy atom. The van der Waals surface area contributed by atoms with E-state index in [0.29, 0.717) is 11.6 Å². The van der Waals surface area contributed by atoms with Crippen LogP contribution in [-0.4, -0.2) is 16.1 Å². The van der Waals surface area contributed by atoms with Gasteiger partial charge in [0.25, 0.3) is 0 Å². The Balaban J connectivity index is 2.35. The summed E-state index contributed by atoms with van der Waals surface area (Å²) in [6, 6.07) is 7.90. The van der Waals surface area contributed by atoms with Crippen LogP contribution in [0.15, 0.2) is 30.5 Å². The summed E-state index contributed by atoms with van der Waals surface area (Å²) in [6.07, 6.45) is 2.53. The van der Waals surface area contributed by atoms with Gasteiger partial charge in [-0.2, -0.15) is 0 Å². The second-order valence-corrected chi connectivity index (χ2v) is 5.09. The molecule has 1 heterocycles. The molecule has 0 spiro atoms. The standard InChI is InChI=1S/C15H18N2O2/c1-9(2)7-10-3-5-11(6-4-10)14-13(15(18)19)12(16)8-17-14/h3-6,8-9,17H,7,16H2,1-2H3,(H,18,19). The number of anilines is 1. The lowest BCUT2D eigenvalue weighted by Gasteiger charge is -2.06. The molecule has 0 saturated heterocycles. The molecule has 0 fully saturated rings. The normalized spacial score (nSPS) is 10.9. The van der Waals surface area contributed by atoms with E-state index in [1.54, 1.807) is 0 Å². The number of aromatic nitrogens is 1. The van der Waals surface area contributed by atoms with Crippen LogP contribution in [0.25, 0.3) is 11.3 Å². The maximum absolute atomic E-state index is 11.2. The van der Waals surface area contributed by atoms with Gasteiger partial charge in [0, 0.05) is 6.20 Å². The first-order valence-corrected chi connectivity index (χ1v) is 6.28. The van der Waals surface area contributed by atoms with Gasteiger partial charge in [0.15, 0.2) is 0 Å². The van der Waals surface area contributed by atoms with E-state index in [-0.39, 0.29) is 11.3 Å². The number of carbonyl (C=O) groups is 1. The Morgan fingerprint density at radius 2 is 1.95 bits per heavy atom. The van der Waals surface area contributed by atoms with E-state index in [4.69, 9.17) is 5.73 Å². The number of benzene rings is 1. The summed E-state index contributed by atoms with van der Waals surface area (Å²) in [5.41, 5.74) is 8.69. The molecule has 0 aliphatic rings. The highest BCUT2D eigenvalue weighted by molar-refractivity contribution is 6.00. The van der Waals surface area contributed by atoms with Gasteiger partial charge < -0.3 is 15.8 Å². The van der Waals surface area contributed by atoms with Crippen LogP contribution in [-0.2, 0) is 6.42 Å². The van der Waals surface area contributed by atoms with Crippen molar-refractivity contribution in [3.8, 4) is 11.3 Å². The number of H-pyrrole nitrogens is 1. The fraction of sp³-hybridized carbons (Fsp3) is 0.267. The summed E-state index contributed by atoms with van der Waals surface area (Å²) in [7, 11) is 0. The monoisotopic (exact) mass is 258 g/mol. The average molecular weight is 258 g/mol. The van der Waals surface area contributed by atoms with Crippen LogP contribution in [0.3, 0.4) is 0 Å². The van der Waals surface area contributed by atoms with Crippen LogP contribution < -0.4 is 5.73 Å². The van der Waals surface area contributed by atoms with Gasteiger partial charge in [0.2, 0.25) is 0 Å². The van der Waals surface area contributed by atoms with Crippen molar-refractivity contribution in [1.82, 2.24) is 4.98 Å². The van der Waals surface area contributed by atoms with Crippen molar-refractivity contribution in [3.05, 3.63) is 41.6 Å². The third-order valence-electron chi connectivity index (χ3n) is 3.01. The average Bonchev–Trinajstić information content (AvgIpc) is 2.71. The molecular formula is C15H18N2O2. The zero-order chi connectivity index (χ0) is 14.0. The highest BCUT2D eigenvalue weighted by Crippen LogP contribution is 2.27. The molecule has 0 radical (unpaired) electrons. The van der Waals surface area contributed by atoms with Gasteiger partial charge in [-0.15, -0.1) is 0 Å². The summed E-state index contributed by atoms with van der Waals surface area (Å²) in [5, 5.41) is 9.17. The first-order chi connectivity index (χ1) is 8.99. The molecule has 1 aromatic heterocycles. The second kappa shape index (κ2) is 5.18. The smallest absolute Gasteiger partial charge is 0.340 e. The highest BCUT2D eigenvalue weighted by Gasteiger charge is 2.17. The Kier molecular flexibility index (Phi) is 3.60. The number of carboxylic acids is 1. The fourth-order valence-corrected chi connectivity index (χ4v) is 2.18. The summed E-state index contributed by atoms with van der Waals surface area (Å²) in [4.78, 5) is 14.1. The van der Waals surface area contributed by atoms with Gasteiger partial charge in [-0.3, -0.25) is 0 Å². The molecule has 0 atom stereocenters. The van der Waals surface area contributed by atoms with Crippen LogP contribution in [0.2, 0.25) is 0 Å². The minimum Gasteiger partial charge on any atom is -0.478 e. The molecule has 4 heteroatoms. The van der Waals surface area contributed by atoms with Crippen LogP contribution >= 0.6 is 0 Å². The van der Waals surface area contributed by atoms with E-state index in [9.17, 15) is 9.90 Å².